The van der Waals surface area contributed by atoms with Gasteiger partial charge in [-0.1, -0.05) is 78.9 Å². The van der Waals surface area contributed by atoms with E-state index in [1.54, 1.807) is 0 Å². The summed E-state index contributed by atoms with van der Waals surface area (Å²) in [5, 5.41) is 0.464. The normalized spacial score (nSPS) is 20.2. The van der Waals surface area contributed by atoms with Crippen LogP contribution in [0, 0.1) is 0 Å². The van der Waals surface area contributed by atoms with E-state index in [9.17, 15) is 0 Å². The fourth-order valence-corrected chi connectivity index (χ4v) is 4.63. The maximum absolute atomic E-state index is 2.28. The molecular weight excluding hydrogens is 272 g/mol. The smallest absolute Gasteiger partial charge is 0.0454 e. The molecule has 0 aliphatic carbocycles. The van der Waals surface area contributed by atoms with Crippen molar-refractivity contribution in [1.29, 1.82) is 0 Å². The van der Waals surface area contributed by atoms with Gasteiger partial charge in [0.2, 0.25) is 0 Å². The predicted molar refractivity (Wildman–Crippen MR) is 89.8 cm³/mol. The van der Waals surface area contributed by atoms with Crippen LogP contribution < -0.4 is 0 Å². The van der Waals surface area contributed by atoms with Gasteiger partial charge in [0.25, 0.3) is 0 Å². The second kappa shape index (κ2) is 5.42. The Morgan fingerprint density at radius 3 is 1.86 bits per heavy atom. The van der Waals surface area contributed by atoms with Crippen molar-refractivity contribution in [1.82, 2.24) is 0 Å². The van der Waals surface area contributed by atoms with Crippen LogP contribution in [-0.4, -0.2) is 0 Å². The van der Waals surface area contributed by atoms with Gasteiger partial charge in [0.05, 0.1) is 0 Å². The minimum Gasteiger partial charge on any atom is -0.117 e. The maximum atomic E-state index is 2.28. The molecule has 1 aliphatic heterocycles. The average Bonchev–Trinajstić information content (AvgIpc) is 2.96. The minimum atomic E-state index is 0.440. The lowest BCUT2D eigenvalue weighted by Gasteiger charge is -2.20. The predicted octanol–water partition coefficient (Wildman–Crippen LogP) is 5.67. The summed E-state index contributed by atoms with van der Waals surface area (Å²) in [5.74, 6) is 0.440. The third kappa shape index (κ3) is 2.28. The number of hydrogen-bond acceptors (Lipinski definition) is 1. The maximum Gasteiger partial charge on any atom is 0.0454 e. The summed E-state index contributed by atoms with van der Waals surface area (Å²) in [6, 6.07) is 30.6. The lowest BCUT2D eigenvalue weighted by atomic mass is 9.86. The Morgan fingerprint density at radius 2 is 1.14 bits per heavy atom. The van der Waals surface area contributed by atoms with E-state index in [0.717, 1.165) is 0 Å². The average molecular weight is 288 g/mol. The van der Waals surface area contributed by atoms with Crippen LogP contribution in [0.4, 0.5) is 0 Å². The standard InChI is InChI=1S/C20H16S/c1-3-9-15(10-4-1)19-17-13-7-8-14-18(17)21-20(19)16-11-5-2-6-12-16/h1-14,19-20H/t19-,20+/m1/s1. The molecule has 0 saturated carbocycles. The first-order valence-electron chi connectivity index (χ1n) is 7.29. The molecule has 0 unspecified atom stereocenters. The highest BCUT2D eigenvalue weighted by Crippen LogP contribution is 2.56. The molecule has 102 valence electrons. The van der Waals surface area contributed by atoms with Crippen LogP contribution in [0.3, 0.4) is 0 Å². The molecule has 0 saturated heterocycles. The summed E-state index contributed by atoms with van der Waals surface area (Å²) < 4.78 is 0. The number of rotatable bonds is 2. The van der Waals surface area contributed by atoms with Crippen LogP contribution in [0.2, 0.25) is 0 Å². The van der Waals surface area contributed by atoms with Crippen molar-refractivity contribution >= 4 is 11.8 Å². The summed E-state index contributed by atoms with van der Waals surface area (Å²) in [7, 11) is 0. The first kappa shape index (κ1) is 12.7. The van der Waals surface area contributed by atoms with Crippen molar-refractivity contribution in [2.45, 2.75) is 16.1 Å². The van der Waals surface area contributed by atoms with Gasteiger partial charge in [0.15, 0.2) is 0 Å². The molecule has 1 aliphatic rings. The van der Waals surface area contributed by atoms with Crippen molar-refractivity contribution in [3.05, 3.63) is 102 Å². The van der Waals surface area contributed by atoms with Crippen LogP contribution in [0.25, 0.3) is 0 Å². The highest BCUT2D eigenvalue weighted by Gasteiger charge is 2.34. The van der Waals surface area contributed by atoms with Crippen LogP contribution in [0.1, 0.15) is 27.9 Å². The van der Waals surface area contributed by atoms with E-state index in [0.29, 0.717) is 11.2 Å². The second-order valence-corrected chi connectivity index (χ2v) is 6.56. The quantitative estimate of drug-likeness (QED) is 0.586. The summed E-state index contributed by atoms with van der Waals surface area (Å²) in [5.41, 5.74) is 4.28. The van der Waals surface area contributed by atoms with Gasteiger partial charge in [0.1, 0.15) is 0 Å². The molecule has 2 atom stereocenters. The Kier molecular flexibility index (Phi) is 3.28. The van der Waals surface area contributed by atoms with Gasteiger partial charge in [0, 0.05) is 16.1 Å². The molecule has 1 heteroatoms. The molecule has 0 spiro atoms. The lowest BCUT2D eigenvalue weighted by molar-refractivity contribution is 0.797. The first-order valence-corrected chi connectivity index (χ1v) is 8.17. The van der Waals surface area contributed by atoms with Crippen LogP contribution in [0.5, 0.6) is 0 Å². The third-order valence-electron chi connectivity index (χ3n) is 4.10. The Labute approximate surface area is 129 Å². The lowest BCUT2D eigenvalue weighted by Crippen LogP contribution is -2.05. The molecule has 0 nitrogen and oxygen atoms in total. The summed E-state index contributed by atoms with van der Waals surface area (Å²) >= 11 is 1.99. The number of thioether (sulfide) groups is 1. The largest absolute Gasteiger partial charge is 0.117 e. The van der Waals surface area contributed by atoms with Crippen LogP contribution >= 0.6 is 11.8 Å². The summed E-state index contributed by atoms with van der Waals surface area (Å²) in [6.45, 7) is 0. The fourth-order valence-electron chi connectivity index (χ4n) is 3.13. The van der Waals surface area contributed by atoms with E-state index < -0.39 is 0 Å². The Balaban J connectivity index is 1.85. The van der Waals surface area contributed by atoms with Crippen LogP contribution in [-0.2, 0) is 0 Å². The van der Waals surface area contributed by atoms with Gasteiger partial charge in [-0.05, 0) is 22.8 Å². The summed E-state index contributed by atoms with van der Waals surface area (Å²) in [4.78, 5) is 1.42. The SMILES string of the molecule is c1ccc([C@@H]2c3ccccc3S[C@H]2c2ccccc2)cc1. The van der Waals surface area contributed by atoms with E-state index in [2.05, 4.69) is 84.9 Å². The minimum absolute atomic E-state index is 0.440. The molecule has 3 aromatic rings. The number of fused-ring (bicyclic) bond motifs is 1. The Hall–Kier alpha value is -1.99. The zero-order chi connectivity index (χ0) is 14.1. The van der Waals surface area contributed by atoms with Gasteiger partial charge in [-0.2, -0.15) is 0 Å². The molecule has 4 rings (SSSR count). The molecule has 3 aromatic carbocycles. The fraction of sp³-hybridized carbons (Fsp3) is 0.100. The zero-order valence-corrected chi connectivity index (χ0v) is 12.5. The van der Waals surface area contributed by atoms with Crippen molar-refractivity contribution in [2.75, 3.05) is 0 Å². The molecule has 1 heterocycles. The van der Waals surface area contributed by atoms with E-state index in [-0.39, 0.29) is 0 Å². The van der Waals surface area contributed by atoms with Crippen molar-refractivity contribution < 1.29 is 0 Å². The van der Waals surface area contributed by atoms with E-state index >= 15 is 0 Å². The van der Waals surface area contributed by atoms with Crippen molar-refractivity contribution in [3.8, 4) is 0 Å². The van der Waals surface area contributed by atoms with Gasteiger partial charge < -0.3 is 0 Å². The van der Waals surface area contributed by atoms with Crippen molar-refractivity contribution in [2.24, 2.45) is 0 Å². The van der Waals surface area contributed by atoms with E-state index in [1.165, 1.54) is 21.6 Å². The molecule has 0 aromatic heterocycles. The zero-order valence-electron chi connectivity index (χ0n) is 11.6. The van der Waals surface area contributed by atoms with Gasteiger partial charge in [-0.3, -0.25) is 0 Å². The number of benzene rings is 3. The summed E-state index contributed by atoms with van der Waals surface area (Å²) in [6.07, 6.45) is 0. The van der Waals surface area contributed by atoms with E-state index in [1.807, 2.05) is 11.8 Å². The Morgan fingerprint density at radius 1 is 0.571 bits per heavy atom. The molecule has 0 N–H and O–H groups in total. The molecule has 21 heavy (non-hydrogen) atoms. The van der Waals surface area contributed by atoms with Crippen molar-refractivity contribution in [3.63, 3.8) is 0 Å². The monoisotopic (exact) mass is 288 g/mol. The van der Waals surface area contributed by atoms with E-state index in [4.69, 9.17) is 0 Å². The molecule has 0 fully saturated rings. The van der Waals surface area contributed by atoms with Gasteiger partial charge in [-0.15, -0.1) is 11.8 Å². The first-order chi connectivity index (χ1) is 10.4. The van der Waals surface area contributed by atoms with Gasteiger partial charge in [-0.25, -0.2) is 0 Å². The number of hydrogen-bond donors (Lipinski definition) is 0. The topological polar surface area (TPSA) is 0 Å². The highest BCUT2D eigenvalue weighted by atomic mass is 32.2. The highest BCUT2D eigenvalue weighted by molar-refractivity contribution is 8.00. The molecular formula is C20H16S. The van der Waals surface area contributed by atoms with Crippen LogP contribution in [0.15, 0.2) is 89.8 Å². The third-order valence-corrected chi connectivity index (χ3v) is 5.52. The van der Waals surface area contributed by atoms with Gasteiger partial charge >= 0.3 is 0 Å². The second-order valence-electron chi connectivity index (χ2n) is 5.38. The molecule has 0 radical (unpaired) electrons. The molecule has 0 amide bonds. The molecule has 0 bridgehead atoms. The Bertz CT molecular complexity index is 734.